The highest BCUT2D eigenvalue weighted by Crippen LogP contribution is 2.21. The zero-order valence-corrected chi connectivity index (χ0v) is 17.1. The van der Waals surface area contributed by atoms with Crippen LogP contribution in [0.5, 0.6) is 0 Å². The molecule has 6 nitrogen and oxygen atoms in total. The molecule has 0 aliphatic carbocycles. The first-order valence-electron chi connectivity index (χ1n) is 10.1. The zero-order chi connectivity index (χ0) is 20.6. The summed E-state index contributed by atoms with van der Waals surface area (Å²) < 4.78 is 5.88. The van der Waals surface area contributed by atoms with E-state index in [1.807, 2.05) is 44.2 Å². The first-order valence-corrected chi connectivity index (χ1v) is 10.1. The van der Waals surface area contributed by atoms with Gasteiger partial charge in [0.1, 0.15) is 0 Å². The summed E-state index contributed by atoms with van der Waals surface area (Å²) in [5.74, 6) is -1.24. The number of benzene rings is 2. The molecule has 29 heavy (non-hydrogen) atoms. The van der Waals surface area contributed by atoms with Gasteiger partial charge in [0.15, 0.2) is 0 Å². The minimum Gasteiger partial charge on any atom is -0.371 e. The van der Waals surface area contributed by atoms with Crippen LogP contribution in [0.4, 0.5) is 5.69 Å². The van der Waals surface area contributed by atoms with E-state index in [1.165, 1.54) is 5.56 Å². The van der Waals surface area contributed by atoms with E-state index in [4.69, 9.17) is 4.74 Å². The van der Waals surface area contributed by atoms with Crippen molar-refractivity contribution < 1.29 is 14.3 Å². The quantitative estimate of drug-likeness (QED) is 0.583. The molecule has 1 fully saturated rings. The van der Waals surface area contributed by atoms with Crippen LogP contribution in [-0.4, -0.2) is 49.5 Å². The number of aryl methyl sites for hydroxylation is 2. The molecule has 1 aliphatic heterocycles. The van der Waals surface area contributed by atoms with Crippen molar-refractivity contribution in [1.29, 1.82) is 0 Å². The molecule has 154 valence electrons. The largest absolute Gasteiger partial charge is 0.371 e. The Morgan fingerprint density at radius 1 is 1.07 bits per heavy atom. The van der Waals surface area contributed by atoms with Gasteiger partial charge in [0.05, 0.1) is 12.7 Å². The maximum atomic E-state index is 12.1. The van der Waals surface area contributed by atoms with Gasteiger partial charge in [-0.25, -0.2) is 0 Å². The highest BCUT2D eigenvalue weighted by molar-refractivity contribution is 6.39. The Morgan fingerprint density at radius 2 is 1.86 bits per heavy atom. The van der Waals surface area contributed by atoms with Crippen LogP contribution < -0.4 is 10.6 Å². The number of carbonyl (C=O) groups excluding carboxylic acids is 2. The maximum absolute atomic E-state index is 12.1. The summed E-state index contributed by atoms with van der Waals surface area (Å²) in [4.78, 5) is 26.4. The van der Waals surface area contributed by atoms with Gasteiger partial charge in [-0.3, -0.25) is 14.5 Å². The van der Waals surface area contributed by atoms with Crippen molar-refractivity contribution in [1.82, 2.24) is 10.2 Å². The molecule has 2 amide bonds. The molecule has 1 unspecified atom stereocenters. The fourth-order valence-corrected chi connectivity index (χ4v) is 3.37. The molecule has 2 aromatic carbocycles. The van der Waals surface area contributed by atoms with Crippen molar-refractivity contribution in [3.63, 3.8) is 0 Å². The van der Waals surface area contributed by atoms with E-state index in [0.717, 1.165) is 37.2 Å². The van der Waals surface area contributed by atoms with E-state index >= 15 is 0 Å². The van der Waals surface area contributed by atoms with Gasteiger partial charge in [-0.05, 0) is 49.1 Å². The van der Waals surface area contributed by atoms with Crippen LogP contribution in [0, 0.1) is 13.8 Å². The molecule has 1 saturated heterocycles. The maximum Gasteiger partial charge on any atom is 0.313 e. The molecule has 2 N–H and O–H groups in total. The molecule has 2 aromatic rings. The molecular formula is C23H29N3O3. The molecule has 1 heterocycles. The second-order valence-corrected chi connectivity index (χ2v) is 7.43. The number of hydrogen-bond acceptors (Lipinski definition) is 4. The smallest absolute Gasteiger partial charge is 0.313 e. The van der Waals surface area contributed by atoms with Gasteiger partial charge in [-0.15, -0.1) is 0 Å². The number of carbonyl (C=O) groups is 2. The minimum absolute atomic E-state index is 0.0864. The van der Waals surface area contributed by atoms with Gasteiger partial charge in [0.2, 0.25) is 0 Å². The van der Waals surface area contributed by atoms with Crippen molar-refractivity contribution in [2.24, 2.45) is 0 Å². The lowest BCUT2D eigenvalue weighted by molar-refractivity contribution is -0.136. The zero-order valence-electron chi connectivity index (χ0n) is 17.1. The Hall–Kier alpha value is -2.70. The number of anilines is 1. The third kappa shape index (κ3) is 6.14. The van der Waals surface area contributed by atoms with Gasteiger partial charge >= 0.3 is 11.8 Å². The predicted octanol–water partition coefficient (Wildman–Crippen LogP) is 2.82. The average Bonchev–Trinajstić information content (AvgIpc) is 2.74. The Morgan fingerprint density at radius 3 is 2.62 bits per heavy atom. The Kier molecular flexibility index (Phi) is 7.38. The normalized spacial score (nSPS) is 17.0. The second-order valence-electron chi connectivity index (χ2n) is 7.43. The molecule has 0 bridgehead atoms. The van der Waals surface area contributed by atoms with Gasteiger partial charge in [0.25, 0.3) is 0 Å². The topological polar surface area (TPSA) is 70.7 Å². The van der Waals surface area contributed by atoms with Crippen molar-refractivity contribution >= 4 is 17.5 Å². The summed E-state index contributed by atoms with van der Waals surface area (Å²) in [5.41, 5.74) is 4.04. The van der Waals surface area contributed by atoms with Gasteiger partial charge in [-0.2, -0.15) is 0 Å². The highest BCUT2D eigenvalue weighted by atomic mass is 16.5. The van der Waals surface area contributed by atoms with Crippen LogP contribution >= 0.6 is 0 Å². The van der Waals surface area contributed by atoms with Crippen molar-refractivity contribution in [3.8, 4) is 0 Å². The third-order valence-electron chi connectivity index (χ3n) is 5.23. The molecule has 0 spiro atoms. The van der Waals surface area contributed by atoms with E-state index in [9.17, 15) is 9.59 Å². The first kappa shape index (κ1) is 21.0. The lowest BCUT2D eigenvalue weighted by atomic mass is 10.1. The van der Waals surface area contributed by atoms with Crippen LogP contribution in [0.3, 0.4) is 0 Å². The number of amides is 2. The number of morpholine rings is 1. The molecule has 0 saturated carbocycles. The van der Waals surface area contributed by atoms with Crippen molar-refractivity contribution in [2.75, 3.05) is 38.1 Å². The molecule has 0 aromatic heterocycles. The van der Waals surface area contributed by atoms with E-state index in [-0.39, 0.29) is 6.10 Å². The Labute approximate surface area is 172 Å². The summed E-state index contributed by atoms with van der Waals surface area (Å²) in [5, 5.41) is 5.35. The van der Waals surface area contributed by atoms with Crippen LogP contribution in [0.15, 0.2) is 48.5 Å². The van der Waals surface area contributed by atoms with Crippen LogP contribution in [-0.2, 0) is 14.3 Å². The van der Waals surface area contributed by atoms with Crippen LogP contribution in [0.25, 0.3) is 0 Å². The SMILES string of the molecule is Cc1ccc(NC(=O)C(=O)NCCCN2CCOC(c3ccccc3)C2)cc1C. The molecule has 1 atom stereocenters. The summed E-state index contributed by atoms with van der Waals surface area (Å²) in [7, 11) is 0. The fraction of sp³-hybridized carbons (Fsp3) is 0.391. The molecule has 3 rings (SSSR count). The predicted molar refractivity (Wildman–Crippen MR) is 114 cm³/mol. The number of rotatable bonds is 6. The van der Waals surface area contributed by atoms with Gasteiger partial charge in [0, 0.05) is 31.9 Å². The lowest BCUT2D eigenvalue weighted by Crippen LogP contribution is -2.41. The molecule has 1 aliphatic rings. The van der Waals surface area contributed by atoms with Gasteiger partial charge in [-0.1, -0.05) is 36.4 Å². The van der Waals surface area contributed by atoms with E-state index < -0.39 is 11.8 Å². The summed E-state index contributed by atoms with van der Waals surface area (Å²) >= 11 is 0. The van der Waals surface area contributed by atoms with Crippen molar-refractivity contribution in [3.05, 3.63) is 65.2 Å². The summed E-state index contributed by atoms with van der Waals surface area (Å²) in [6, 6.07) is 15.8. The van der Waals surface area contributed by atoms with E-state index in [2.05, 4.69) is 27.7 Å². The lowest BCUT2D eigenvalue weighted by Gasteiger charge is -2.33. The van der Waals surface area contributed by atoms with Gasteiger partial charge < -0.3 is 15.4 Å². The highest BCUT2D eigenvalue weighted by Gasteiger charge is 2.21. The first-order chi connectivity index (χ1) is 14.0. The molecular weight excluding hydrogens is 366 g/mol. The second kappa shape index (κ2) is 10.2. The van der Waals surface area contributed by atoms with Crippen molar-refractivity contribution in [2.45, 2.75) is 26.4 Å². The number of nitrogens with one attached hydrogen (secondary N) is 2. The Balaban J connectivity index is 1.37. The number of ether oxygens (including phenoxy) is 1. The molecule has 6 heteroatoms. The minimum atomic E-state index is -0.635. The molecule has 0 radical (unpaired) electrons. The average molecular weight is 396 g/mol. The number of nitrogens with zero attached hydrogens (tertiary/aromatic N) is 1. The summed E-state index contributed by atoms with van der Waals surface area (Å²) in [6.07, 6.45) is 0.868. The monoisotopic (exact) mass is 395 g/mol. The van der Waals surface area contributed by atoms with E-state index in [0.29, 0.717) is 18.8 Å². The fourth-order valence-electron chi connectivity index (χ4n) is 3.37. The Bertz CT molecular complexity index is 839. The summed E-state index contributed by atoms with van der Waals surface area (Å²) in [6.45, 7) is 7.71. The third-order valence-corrected chi connectivity index (χ3v) is 5.23. The van der Waals surface area contributed by atoms with E-state index in [1.54, 1.807) is 6.07 Å². The van der Waals surface area contributed by atoms with Crippen LogP contribution in [0.2, 0.25) is 0 Å². The van der Waals surface area contributed by atoms with Crippen LogP contribution in [0.1, 0.15) is 29.2 Å². The number of hydrogen-bond donors (Lipinski definition) is 2. The standard InChI is InChI=1S/C23H29N3O3/c1-17-9-10-20(15-18(17)2)25-23(28)22(27)24-11-6-12-26-13-14-29-21(16-26)19-7-4-3-5-8-19/h3-5,7-10,15,21H,6,11-14,16H2,1-2H3,(H,24,27)(H,25,28).